The Balaban J connectivity index is 2.22. The van der Waals surface area contributed by atoms with E-state index in [1.54, 1.807) is 43.4 Å². The van der Waals surface area contributed by atoms with Gasteiger partial charge in [0.2, 0.25) is 21.8 Å². The predicted molar refractivity (Wildman–Crippen MR) is 150 cm³/mol. The fraction of sp³-hybridized carbons (Fsp3) is 0.500. The van der Waals surface area contributed by atoms with Gasteiger partial charge in [-0.2, -0.15) is 0 Å². The lowest BCUT2D eigenvalue weighted by Gasteiger charge is -2.32. The third-order valence-electron chi connectivity index (χ3n) is 6.41. The standard InChI is InChI=1S/C28H41N3O6S/c1-7-21(3)29-28(33)26(8-2)30(20-22-11-15-24(36-4)16-12-22)27(32)10-9-19-31(38(6,34)35)23-13-17-25(37-5)18-14-23/h11-18,21,26H,7-10,19-20H2,1-6H3,(H,29,33)/t21-,26+/m0/s1. The van der Waals surface area contributed by atoms with E-state index in [-0.39, 0.29) is 37.4 Å². The molecule has 0 aromatic heterocycles. The number of methoxy groups -OCH3 is 2. The molecule has 0 aliphatic carbocycles. The van der Waals surface area contributed by atoms with Crippen molar-refractivity contribution in [1.82, 2.24) is 10.2 Å². The number of nitrogens with zero attached hydrogens (tertiary/aromatic N) is 2. The van der Waals surface area contributed by atoms with E-state index in [1.807, 2.05) is 45.0 Å². The van der Waals surface area contributed by atoms with Gasteiger partial charge in [-0.1, -0.05) is 26.0 Å². The van der Waals surface area contributed by atoms with Crippen molar-refractivity contribution in [2.75, 3.05) is 31.3 Å². The molecule has 1 N–H and O–H groups in total. The van der Waals surface area contributed by atoms with Gasteiger partial charge in [0, 0.05) is 25.6 Å². The van der Waals surface area contributed by atoms with Gasteiger partial charge in [0.1, 0.15) is 17.5 Å². The molecule has 0 unspecified atom stereocenters. The number of hydrogen-bond acceptors (Lipinski definition) is 6. The number of amides is 2. The number of hydrogen-bond donors (Lipinski definition) is 1. The molecule has 2 aromatic carbocycles. The maximum absolute atomic E-state index is 13.5. The van der Waals surface area contributed by atoms with Crippen LogP contribution < -0.4 is 19.1 Å². The lowest BCUT2D eigenvalue weighted by atomic mass is 10.1. The second-order valence-corrected chi connectivity index (χ2v) is 11.2. The van der Waals surface area contributed by atoms with Gasteiger partial charge in [-0.3, -0.25) is 13.9 Å². The van der Waals surface area contributed by atoms with E-state index in [2.05, 4.69) is 5.32 Å². The van der Waals surface area contributed by atoms with Gasteiger partial charge in [0.05, 0.1) is 26.2 Å². The molecule has 0 saturated carbocycles. The summed E-state index contributed by atoms with van der Waals surface area (Å²) in [6.45, 7) is 6.18. The average molecular weight is 548 g/mol. The average Bonchev–Trinajstić information content (AvgIpc) is 2.90. The van der Waals surface area contributed by atoms with E-state index in [0.717, 1.165) is 18.2 Å². The minimum Gasteiger partial charge on any atom is -0.497 e. The van der Waals surface area contributed by atoms with E-state index in [9.17, 15) is 18.0 Å². The molecule has 9 nitrogen and oxygen atoms in total. The highest BCUT2D eigenvalue weighted by atomic mass is 32.2. The van der Waals surface area contributed by atoms with Crippen molar-refractivity contribution in [3.63, 3.8) is 0 Å². The van der Waals surface area contributed by atoms with Crippen LogP contribution >= 0.6 is 0 Å². The number of rotatable bonds is 15. The normalized spacial score (nSPS) is 12.8. The lowest BCUT2D eigenvalue weighted by molar-refractivity contribution is -0.141. The van der Waals surface area contributed by atoms with Crippen molar-refractivity contribution in [2.45, 2.75) is 65.1 Å². The summed E-state index contributed by atoms with van der Waals surface area (Å²) in [4.78, 5) is 28.2. The fourth-order valence-electron chi connectivity index (χ4n) is 4.04. The Kier molecular flexibility index (Phi) is 11.9. The van der Waals surface area contributed by atoms with Crippen molar-refractivity contribution >= 4 is 27.5 Å². The molecule has 10 heteroatoms. The summed E-state index contributed by atoms with van der Waals surface area (Å²) in [5, 5.41) is 2.99. The topological polar surface area (TPSA) is 105 Å². The molecule has 0 aliphatic heterocycles. The molecule has 0 aliphatic rings. The number of sulfonamides is 1. The van der Waals surface area contributed by atoms with Crippen LogP contribution in [0.3, 0.4) is 0 Å². The third-order valence-corrected chi connectivity index (χ3v) is 7.61. The molecular formula is C28H41N3O6S. The maximum atomic E-state index is 13.5. The van der Waals surface area contributed by atoms with Crippen LogP contribution in [0.4, 0.5) is 5.69 Å². The summed E-state index contributed by atoms with van der Waals surface area (Å²) in [6.07, 6.45) is 2.75. The lowest BCUT2D eigenvalue weighted by Crippen LogP contribution is -2.50. The number of anilines is 1. The molecule has 38 heavy (non-hydrogen) atoms. The molecule has 0 radical (unpaired) electrons. The summed E-state index contributed by atoms with van der Waals surface area (Å²) < 4.78 is 36.7. The summed E-state index contributed by atoms with van der Waals surface area (Å²) in [7, 11) is -0.443. The van der Waals surface area contributed by atoms with Crippen LogP contribution in [0.25, 0.3) is 0 Å². The van der Waals surface area contributed by atoms with Crippen LogP contribution in [0, 0.1) is 0 Å². The maximum Gasteiger partial charge on any atom is 0.243 e. The number of carbonyl (C=O) groups excluding carboxylic acids is 2. The van der Waals surface area contributed by atoms with E-state index in [1.165, 1.54) is 4.31 Å². The molecule has 0 bridgehead atoms. The molecule has 0 fully saturated rings. The van der Waals surface area contributed by atoms with Crippen molar-refractivity contribution in [3.05, 3.63) is 54.1 Å². The Morgan fingerprint density at radius 1 is 0.921 bits per heavy atom. The Labute approximate surface area is 227 Å². The largest absolute Gasteiger partial charge is 0.497 e. The zero-order valence-corrected chi connectivity index (χ0v) is 24.1. The Hall–Kier alpha value is -3.27. The Morgan fingerprint density at radius 3 is 1.95 bits per heavy atom. The monoisotopic (exact) mass is 547 g/mol. The Bertz CT molecular complexity index is 1140. The number of carbonyl (C=O) groups is 2. The van der Waals surface area contributed by atoms with E-state index in [4.69, 9.17) is 9.47 Å². The van der Waals surface area contributed by atoms with Gasteiger partial charge in [-0.15, -0.1) is 0 Å². The number of benzene rings is 2. The van der Waals surface area contributed by atoms with Crippen LogP contribution in [-0.4, -0.2) is 64.2 Å². The first-order valence-corrected chi connectivity index (χ1v) is 14.7. The highest BCUT2D eigenvalue weighted by molar-refractivity contribution is 7.92. The molecule has 210 valence electrons. The van der Waals surface area contributed by atoms with E-state index >= 15 is 0 Å². The van der Waals surface area contributed by atoms with Crippen molar-refractivity contribution < 1.29 is 27.5 Å². The minimum absolute atomic E-state index is 0.0118. The van der Waals surface area contributed by atoms with Gasteiger partial charge in [0.25, 0.3) is 0 Å². The van der Waals surface area contributed by atoms with Crippen LogP contribution in [0.2, 0.25) is 0 Å². The molecule has 2 aromatic rings. The van der Waals surface area contributed by atoms with Crippen LogP contribution in [0.5, 0.6) is 11.5 Å². The molecular weight excluding hydrogens is 506 g/mol. The molecule has 0 spiro atoms. The second kappa shape index (κ2) is 14.6. The third kappa shape index (κ3) is 8.93. The predicted octanol–water partition coefficient (Wildman–Crippen LogP) is 3.97. The molecule has 2 amide bonds. The van der Waals surface area contributed by atoms with Crippen LogP contribution in [0.1, 0.15) is 52.0 Å². The van der Waals surface area contributed by atoms with Crippen molar-refractivity contribution in [1.29, 1.82) is 0 Å². The fourth-order valence-corrected chi connectivity index (χ4v) is 5.01. The summed E-state index contributed by atoms with van der Waals surface area (Å²) >= 11 is 0. The van der Waals surface area contributed by atoms with Crippen LogP contribution in [0.15, 0.2) is 48.5 Å². The number of nitrogens with one attached hydrogen (secondary N) is 1. The van der Waals surface area contributed by atoms with Crippen molar-refractivity contribution in [2.24, 2.45) is 0 Å². The van der Waals surface area contributed by atoms with Gasteiger partial charge in [-0.05, 0) is 68.1 Å². The Morgan fingerprint density at radius 2 is 1.47 bits per heavy atom. The highest BCUT2D eigenvalue weighted by Crippen LogP contribution is 2.23. The van der Waals surface area contributed by atoms with Crippen LogP contribution in [-0.2, 0) is 26.2 Å². The first-order chi connectivity index (χ1) is 18.0. The highest BCUT2D eigenvalue weighted by Gasteiger charge is 2.29. The van der Waals surface area contributed by atoms with Gasteiger partial charge < -0.3 is 19.7 Å². The van der Waals surface area contributed by atoms with E-state index < -0.39 is 16.1 Å². The smallest absolute Gasteiger partial charge is 0.243 e. The van der Waals surface area contributed by atoms with Gasteiger partial charge in [-0.25, -0.2) is 8.42 Å². The molecule has 2 rings (SSSR count). The van der Waals surface area contributed by atoms with Gasteiger partial charge >= 0.3 is 0 Å². The molecule has 2 atom stereocenters. The zero-order chi connectivity index (χ0) is 28.3. The summed E-state index contributed by atoms with van der Waals surface area (Å²) in [6, 6.07) is 13.4. The minimum atomic E-state index is -3.57. The first-order valence-electron chi connectivity index (χ1n) is 12.9. The molecule has 0 saturated heterocycles. The summed E-state index contributed by atoms with van der Waals surface area (Å²) in [5.41, 5.74) is 1.36. The SMILES string of the molecule is CC[C@H](C(=O)N[C@@H](C)CC)N(Cc1ccc(OC)cc1)C(=O)CCCN(c1ccc(OC)cc1)S(C)(=O)=O. The second-order valence-electron chi connectivity index (χ2n) is 9.25. The van der Waals surface area contributed by atoms with Crippen molar-refractivity contribution in [3.8, 4) is 11.5 Å². The van der Waals surface area contributed by atoms with E-state index in [0.29, 0.717) is 30.0 Å². The number of ether oxygens (including phenoxy) is 2. The molecule has 0 heterocycles. The summed E-state index contributed by atoms with van der Waals surface area (Å²) in [5.74, 6) is 0.912. The quantitative estimate of drug-likeness (QED) is 0.362. The zero-order valence-electron chi connectivity index (χ0n) is 23.3. The first kappa shape index (κ1) is 31.0. The van der Waals surface area contributed by atoms with Gasteiger partial charge in [0.15, 0.2) is 0 Å².